The number of amides is 1. The fourth-order valence-corrected chi connectivity index (χ4v) is 2.29. The molecule has 1 N–H and O–H groups in total. The van der Waals surface area contributed by atoms with Gasteiger partial charge in [-0.05, 0) is 37.6 Å². The van der Waals surface area contributed by atoms with Crippen molar-refractivity contribution in [2.45, 2.75) is 13.8 Å². The molecule has 0 fully saturated rings. The summed E-state index contributed by atoms with van der Waals surface area (Å²) >= 11 is 6.00. The largest absolute Gasteiger partial charge is 0.322 e. The van der Waals surface area contributed by atoms with E-state index in [-0.39, 0.29) is 10.8 Å². The molecule has 6 nitrogen and oxygen atoms in total. The number of hydrogen-bond acceptors (Lipinski definition) is 4. The number of carbonyl (C=O) groups excluding carboxylic acids is 1. The van der Waals surface area contributed by atoms with Crippen LogP contribution in [0.4, 0.5) is 11.4 Å². The molecule has 1 aromatic carbocycles. The smallest absolute Gasteiger partial charge is 0.269 e. The fourth-order valence-electron chi connectivity index (χ4n) is 1.92. The third-order valence-corrected chi connectivity index (χ3v) is 3.14. The number of halogens is 1. The Hall–Kier alpha value is -2.47. The van der Waals surface area contributed by atoms with Gasteiger partial charge in [-0.25, -0.2) is 4.98 Å². The number of carbonyl (C=O) groups is 1. The van der Waals surface area contributed by atoms with Gasteiger partial charge in [-0.3, -0.25) is 14.9 Å². The molecule has 1 aromatic heterocycles. The number of aryl methyl sites for hydroxylation is 2. The summed E-state index contributed by atoms with van der Waals surface area (Å²) in [6.07, 6.45) is 0. The molecule has 1 heterocycles. The number of nitrogens with zero attached hydrogens (tertiary/aromatic N) is 2. The molecule has 0 radical (unpaired) electrons. The van der Waals surface area contributed by atoms with E-state index in [1.165, 1.54) is 24.3 Å². The van der Waals surface area contributed by atoms with E-state index in [4.69, 9.17) is 11.6 Å². The van der Waals surface area contributed by atoms with Gasteiger partial charge in [0.25, 0.3) is 11.6 Å². The summed E-state index contributed by atoms with van der Waals surface area (Å²) in [7, 11) is 0. The highest BCUT2D eigenvalue weighted by molar-refractivity contribution is 6.33. The van der Waals surface area contributed by atoms with Crippen LogP contribution >= 0.6 is 11.6 Å². The second kappa shape index (κ2) is 5.88. The number of nitro benzene ring substituents is 1. The zero-order valence-corrected chi connectivity index (χ0v) is 12.1. The highest BCUT2D eigenvalue weighted by Gasteiger charge is 2.16. The molecule has 0 aliphatic rings. The molecule has 0 unspecified atom stereocenters. The van der Waals surface area contributed by atoms with Crippen molar-refractivity contribution in [1.29, 1.82) is 0 Å². The van der Waals surface area contributed by atoms with Crippen molar-refractivity contribution < 1.29 is 9.72 Å². The lowest BCUT2D eigenvalue weighted by Crippen LogP contribution is -2.15. The number of anilines is 1. The van der Waals surface area contributed by atoms with E-state index in [2.05, 4.69) is 10.3 Å². The standard InChI is InChI=1S/C14H12ClN3O3/c1-8-7-9(2)16-13(15)12(8)14(19)17-10-3-5-11(6-4-10)18(20)21/h3-7H,1-2H3,(H,17,19). The van der Waals surface area contributed by atoms with E-state index < -0.39 is 10.8 Å². The van der Waals surface area contributed by atoms with Crippen molar-refractivity contribution in [3.8, 4) is 0 Å². The predicted molar refractivity (Wildman–Crippen MR) is 79.8 cm³/mol. The van der Waals surface area contributed by atoms with Gasteiger partial charge >= 0.3 is 0 Å². The van der Waals surface area contributed by atoms with Crippen molar-refractivity contribution in [3.63, 3.8) is 0 Å². The Kier molecular flexibility index (Phi) is 4.18. The van der Waals surface area contributed by atoms with Crippen LogP contribution in [-0.2, 0) is 0 Å². The maximum atomic E-state index is 12.2. The maximum absolute atomic E-state index is 12.2. The van der Waals surface area contributed by atoms with Crippen LogP contribution in [0.3, 0.4) is 0 Å². The van der Waals surface area contributed by atoms with Crippen LogP contribution in [0.5, 0.6) is 0 Å². The fraction of sp³-hybridized carbons (Fsp3) is 0.143. The van der Waals surface area contributed by atoms with Gasteiger partial charge in [0.15, 0.2) is 0 Å². The number of nitro groups is 1. The Labute approximate surface area is 125 Å². The van der Waals surface area contributed by atoms with Crippen LogP contribution in [-0.4, -0.2) is 15.8 Å². The molecule has 2 aromatic rings. The van der Waals surface area contributed by atoms with E-state index in [9.17, 15) is 14.9 Å². The molecule has 0 aliphatic carbocycles. The second-order valence-corrected chi connectivity index (χ2v) is 4.86. The number of aromatic nitrogens is 1. The van der Waals surface area contributed by atoms with Gasteiger partial charge < -0.3 is 5.32 Å². The first-order valence-electron chi connectivity index (χ1n) is 6.08. The second-order valence-electron chi connectivity index (χ2n) is 4.50. The summed E-state index contributed by atoms with van der Waals surface area (Å²) in [6.45, 7) is 3.56. The van der Waals surface area contributed by atoms with Crippen LogP contribution in [0.15, 0.2) is 30.3 Å². The Morgan fingerprint density at radius 2 is 1.90 bits per heavy atom. The van der Waals surface area contributed by atoms with Gasteiger partial charge in [-0.1, -0.05) is 11.6 Å². The van der Waals surface area contributed by atoms with E-state index in [1.807, 2.05) is 0 Å². The zero-order valence-electron chi connectivity index (χ0n) is 11.4. The van der Waals surface area contributed by atoms with E-state index in [0.717, 1.165) is 5.69 Å². The summed E-state index contributed by atoms with van der Waals surface area (Å²) in [5.41, 5.74) is 2.14. The van der Waals surface area contributed by atoms with Gasteiger partial charge in [0.1, 0.15) is 5.15 Å². The lowest BCUT2D eigenvalue weighted by atomic mass is 10.1. The molecule has 0 bridgehead atoms. The quantitative estimate of drug-likeness (QED) is 0.534. The number of hydrogen-bond donors (Lipinski definition) is 1. The number of nitrogens with one attached hydrogen (secondary N) is 1. The molecule has 21 heavy (non-hydrogen) atoms. The highest BCUT2D eigenvalue weighted by Crippen LogP contribution is 2.21. The minimum atomic E-state index is -0.503. The van der Waals surface area contributed by atoms with Crippen LogP contribution < -0.4 is 5.32 Å². The van der Waals surface area contributed by atoms with E-state index in [1.54, 1.807) is 19.9 Å². The maximum Gasteiger partial charge on any atom is 0.269 e. The molecule has 108 valence electrons. The molecular weight excluding hydrogens is 294 g/mol. The van der Waals surface area contributed by atoms with Crippen LogP contribution in [0, 0.1) is 24.0 Å². The average Bonchev–Trinajstić information content (AvgIpc) is 2.37. The van der Waals surface area contributed by atoms with Crippen molar-refractivity contribution >= 4 is 28.9 Å². The predicted octanol–water partition coefficient (Wildman–Crippen LogP) is 3.51. The van der Waals surface area contributed by atoms with Crippen molar-refractivity contribution in [2.75, 3.05) is 5.32 Å². The third-order valence-electron chi connectivity index (χ3n) is 2.86. The molecule has 1 amide bonds. The van der Waals surface area contributed by atoms with E-state index >= 15 is 0 Å². The molecule has 0 saturated heterocycles. The van der Waals surface area contributed by atoms with Gasteiger partial charge in [0.05, 0.1) is 10.5 Å². The van der Waals surface area contributed by atoms with Crippen molar-refractivity contribution in [1.82, 2.24) is 4.98 Å². The van der Waals surface area contributed by atoms with E-state index in [0.29, 0.717) is 16.8 Å². The lowest BCUT2D eigenvalue weighted by molar-refractivity contribution is -0.384. The first-order chi connectivity index (χ1) is 9.88. The summed E-state index contributed by atoms with van der Waals surface area (Å²) in [6, 6.07) is 7.31. The first-order valence-corrected chi connectivity index (χ1v) is 6.46. The zero-order chi connectivity index (χ0) is 15.6. The van der Waals surface area contributed by atoms with Gasteiger partial charge in [-0.15, -0.1) is 0 Å². The molecule has 7 heteroatoms. The Morgan fingerprint density at radius 3 is 2.43 bits per heavy atom. The molecular formula is C14H12ClN3O3. The summed E-state index contributed by atoms with van der Waals surface area (Å²) < 4.78 is 0. The minimum Gasteiger partial charge on any atom is -0.322 e. The highest BCUT2D eigenvalue weighted by atomic mass is 35.5. The van der Waals surface area contributed by atoms with Crippen LogP contribution in [0.1, 0.15) is 21.6 Å². The lowest BCUT2D eigenvalue weighted by Gasteiger charge is -2.09. The molecule has 0 atom stereocenters. The van der Waals surface area contributed by atoms with Crippen molar-refractivity contribution in [2.24, 2.45) is 0 Å². The third kappa shape index (κ3) is 3.35. The number of benzene rings is 1. The summed E-state index contributed by atoms with van der Waals surface area (Å²) in [5.74, 6) is -0.404. The molecule has 2 rings (SSSR count). The Bertz CT molecular complexity index is 691. The molecule has 0 saturated carbocycles. The van der Waals surface area contributed by atoms with Crippen LogP contribution in [0.2, 0.25) is 5.15 Å². The Morgan fingerprint density at radius 1 is 1.29 bits per heavy atom. The SMILES string of the molecule is Cc1cc(C)c(C(=O)Nc2ccc([N+](=O)[O-])cc2)c(Cl)n1. The minimum absolute atomic E-state index is 0.0424. The molecule has 0 spiro atoms. The normalized spacial score (nSPS) is 10.2. The van der Waals surface area contributed by atoms with Crippen molar-refractivity contribution in [3.05, 3.63) is 62.4 Å². The van der Waals surface area contributed by atoms with Crippen LogP contribution in [0.25, 0.3) is 0 Å². The average molecular weight is 306 g/mol. The van der Waals surface area contributed by atoms with Gasteiger partial charge in [0, 0.05) is 23.5 Å². The first kappa shape index (κ1) is 14.9. The van der Waals surface area contributed by atoms with Gasteiger partial charge in [-0.2, -0.15) is 0 Å². The number of rotatable bonds is 3. The summed E-state index contributed by atoms with van der Waals surface area (Å²) in [5, 5.41) is 13.3. The number of non-ortho nitro benzene ring substituents is 1. The monoisotopic (exact) mass is 305 g/mol. The van der Waals surface area contributed by atoms with Gasteiger partial charge in [0.2, 0.25) is 0 Å². The summed E-state index contributed by atoms with van der Waals surface area (Å²) in [4.78, 5) is 26.3. The molecule has 0 aliphatic heterocycles. The topological polar surface area (TPSA) is 85.1 Å². The Balaban J connectivity index is 2.24. The number of pyridine rings is 1.